The number of carbonyl (C=O) groups excluding carboxylic acids is 1. The first-order chi connectivity index (χ1) is 15.0. The van der Waals surface area contributed by atoms with Gasteiger partial charge in [0.05, 0.1) is 27.8 Å². The molecule has 4 nitrogen and oxygen atoms in total. The smallest absolute Gasteiger partial charge is 0.237 e. The number of anilines is 1. The highest BCUT2D eigenvalue weighted by Gasteiger charge is 2.73. The van der Waals surface area contributed by atoms with E-state index in [-0.39, 0.29) is 16.7 Å². The summed E-state index contributed by atoms with van der Waals surface area (Å²) < 4.78 is 0. The molecule has 0 saturated heterocycles. The zero-order valence-electron chi connectivity index (χ0n) is 20.3. The van der Waals surface area contributed by atoms with Crippen molar-refractivity contribution in [3.63, 3.8) is 0 Å². The van der Waals surface area contributed by atoms with Gasteiger partial charge in [0.25, 0.3) is 0 Å². The lowest BCUT2D eigenvalue weighted by atomic mass is 9.63. The maximum Gasteiger partial charge on any atom is 0.237 e. The lowest BCUT2D eigenvalue weighted by Crippen LogP contribution is -2.48. The van der Waals surface area contributed by atoms with Crippen molar-refractivity contribution in [2.45, 2.75) is 78.1 Å². The molecule has 1 N–H and O–H groups in total. The lowest BCUT2D eigenvalue weighted by molar-refractivity contribution is -0.125. The van der Waals surface area contributed by atoms with Crippen molar-refractivity contribution in [2.24, 2.45) is 5.41 Å². The van der Waals surface area contributed by atoms with Gasteiger partial charge in [-0.25, -0.2) is 9.97 Å². The first kappa shape index (κ1) is 21.1. The van der Waals surface area contributed by atoms with Crippen LogP contribution in [0.25, 0.3) is 11.0 Å². The second-order valence-electron chi connectivity index (χ2n) is 10.9. The van der Waals surface area contributed by atoms with E-state index in [1.807, 2.05) is 12.1 Å². The molecule has 2 aromatic carbocycles. The van der Waals surface area contributed by atoms with Crippen LogP contribution in [0.1, 0.15) is 81.5 Å². The van der Waals surface area contributed by atoms with Crippen LogP contribution in [0.5, 0.6) is 0 Å². The molecule has 2 aliphatic rings. The van der Waals surface area contributed by atoms with Gasteiger partial charge >= 0.3 is 0 Å². The van der Waals surface area contributed by atoms with Gasteiger partial charge in [-0.2, -0.15) is 0 Å². The molecule has 166 valence electrons. The molecule has 3 aromatic rings. The molecular weight excluding hydrogens is 394 g/mol. The Kier molecular flexibility index (Phi) is 4.37. The number of aromatic nitrogens is 2. The standard InChI is InChI=1S/C28H33N3O/c1-16(2)19-8-10-20(11-9-19)29-25(32)28-13-12-27(7,26(28,5)6)23-24(28)31-22-15-18(4)17(3)14-21(22)30-23/h8-11,14-16H,12-13H2,1-7H3,(H,29,32). The number of nitrogens with zero attached hydrogens (tertiary/aromatic N) is 2. The Morgan fingerprint density at radius 2 is 1.47 bits per heavy atom. The number of benzene rings is 2. The molecule has 0 aliphatic heterocycles. The number of carbonyl (C=O) groups is 1. The van der Waals surface area contributed by atoms with Crippen molar-refractivity contribution < 1.29 is 4.79 Å². The summed E-state index contributed by atoms with van der Waals surface area (Å²) in [5, 5.41) is 3.24. The Hall–Kier alpha value is -2.75. The van der Waals surface area contributed by atoms with E-state index in [9.17, 15) is 4.79 Å². The Labute approximate surface area is 190 Å². The fourth-order valence-corrected chi connectivity index (χ4v) is 6.05. The molecule has 1 saturated carbocycles. The predicted octanol–water partition coefficient (Wildman–Crippen LogP) is 6.34. The second kappa shape index (κ2) is 6.63. The van der Waals surface area contributed by atoms with Crippen LogP contribution in [0.15, 0.2) is 36.4 Å². The molecule has 0 spiro atoms. The van der Waals surface area contributed by atoms with Crippen molar-refractivity contribution in [3.8, 4) is 0 Å². The van der Waals surface area contributed by atoms with Crippen LogP contribution in [-0.4, -0.2) is 15.9 Å². The Morgan fingerprint density at radius 1 is 0.906 bits per heavy atom. The van der Waals surface area contributed by atoms with E-state index in [2.05, 4.69) is 78.0 Å². The largest absolute Gasteiger partial charge is 0.325 e. The van der Waals surface area contributed by atoms with E-state index < -0.39 is 5.41 Å². The minimum Gasteiger partial charge on any atom is -0.325 e. The molecule has 2 bridgehead atoms. The number of aryl methyl sites for hydroxylation is 2. The van der Waals surface area contributed by atoms with E-state index in [0.717, 1.165) is 41.0 Å². The van der Waals surface area contributed by atoms with Gasteiger partial charge < -0.3 is 5.32 Å². The van der Waals surface area contributed by atoms with E-state index in [4.69, 9.17) is 9.97 Å². The van der Waals surface area contributed by atoms with Crippen LogP contribution in [0.2, 0.25) is 0 Å². The van der Waals surface area contributed by atoms with Gasteiger partial charge in [0.2, 0.25) is 5.91 Å². The Balaban J connectivity index is 1.64. The highest BCUT2D eigenvalue weighted by Crippen LogP contribution is 2.70. The highest BCUT2D eigenvalue weighted by molar-refractivity contribution is 6.02. The molecule has 1 fully saturated rings. The van der Waals surface area contributed by atoms with Gasteiger partial charge in [-0.1, -0.05) is 46.8 Å². The summed E-state index contributed by atoms with van der Waals surface area (Å²) in [6.07, 6.45) is 1.74. The first-order valence-electron chi connectivity index (χ1n) is 11.7. The fraction of sp³-hybridized carbons (Fsp3) is 0.464. The summed E-state index contributed by atoms with van der Waals surface area (Å²) in [5.74, 6) is 0.505. The molecule has 2 atom stereocenters. The van der Waals surface area contributed by atoms with Crippen molar-refractivity contribution in [1.29, 1.82) is 0 Å². The van der Waals surface area contributed by atoms with Gasteiger partial charge in [0.15, 0.2) is 0 Å². The topological polar surface area (TPSA) is 54.9 Å². The molecule has 1 aromatic heterocycles. The molecule has 1 heterocycles. The first-order valence-corrected chi connectivity index (χ1v) is 11.7. The summed E-state index contributed by atoms with van der Waals surface area (Å²) in [6.45, 7) is 15.3. The van der Waals surface area contributed by atoms with Gasteiger partial charge in [0.1, 0.15) is 0 Å². The third-order valence-corrected chi connectivity index (χ3v) is 8.88. The van der Waals surface area contributed by atoms with E-state index >= 15 is 0 Å². The third kappa shape index (κ3) is 2.52. The van der Waals surface area contributed by atoms with Crippen molar-refractivity contribution >= 4 is 22.6 Å². The van der Waals surface area contributed by atoms with E-state index in [0.29, 0.717) is 5.92 Å². The zero-order chi connectivity index (χ0) is 23.1. The molecule has 32 heavy (non-hydrogen) atoms. The SMILES string of the molecule is Cc1cc2nc3c(nc2cc1C)C1(C(=O)Nc2ccc(C(C)C)cc2)CCC3(C)C1(C)C. The third-order valence-electron chi connectivity index (χ3n) is 8.88. The summed E-state index contributed by atoms with van der Waals surface area (Å²) >= 11 is 0. The summed E-state index contributed by atoms with van der Waals surface area (Å²) in [4.78, 5) is 24.3. The molecule has 4 heteroatoms. The average Bonchev–Trinajstić information content (AvgIpc) is 3.03. The number of amides is 1. The summed E-state index contributed by atoms with van der Waals surface area (Å²) in [7, 11) is 0. The molecule has 0 radical (unpaired) electrons. The van der Waals surface area contributed by atoms with Crippen molar-refractivity contribution in [1.82, 2.24) is 9.97 Å². The van der Waals surface area contributed by atoms with Crippen LogP contribution >= 0.6 is 0 Å². The van der Waals surface area contributed by atoms with Crippen LogP contribution in [-0.2, 0) is 15.6 Å². The average molecular weight is 428 g/mol. The van der Waals surface area contributed by atoms with Crippen molar-refractivity contribution in [3.05, 3.63) is 64.5 Å². The number of hydrogen-bond acceptors (Lipinski definition) is 3. The van der Waals surface area contributed by atoms with E-state index in [1.54, 1.807) is 0 Å². The van der Waals surface area contributed by atoms with Crippen LogP contribution in [0.4, 0.5) is 5.69 Å². The molecule has 2 unspecified atom stereocenters. The fourth-order valence-electron chi connectivity index (χ4n) is 6.05. The molecule has 5 rings (SSSR count). The number of nitrogens with one attached hydrogen (secondary N) is 1. The second-order valence-corrected chi connectivity index (χ2v) is 10.9. The highest BCUT2D eigenvalue weighted by atomic mass is 16.2. The number of hydrogen-bond donors (Lipinski definition) is 1. The van der Waals surface area contributed by atoms with Gasteiger partial charge in [-0.3, -0.25) is 4.79 Å². The van der Waals surface area contributed by atoms with Crippen LogP contribution in [0, 0.1) is 19.3 Å². The lowest BCUT2D eigenvalue weighted by Gasteiger charge is -2.39. The summed E-state index contributed by atoms with van der Waals surface area (Å²) in [6, 6.07) is 12.5. The van der Waals surface area contributed by atoms with Crippen LogP contribution in [0.3, 0.4) is 0 Å². The van der Waals surface area contributed by atoms with Gasteiger partial charge in [-0.15, -0.1) is 0 Å². The maximum absolute atomic E-state index is 14.0. The summed E-state index contributed by atoms with van der Waals surface area (Å²) in [5.41, 5.74) is 7.07. The number of fused-ring (bicyclic) bond motifs is 6. The van der Waals surface area contributed by atoms with E-state index in [1.165, 1.54) is 16.7 Å². The van der Waals surface area contributed by atoms with Gasteiger partial charge in [-0.05, 0) is 79.0 Å². The normalized spacial score (nSPS) is 25.4. The minimum atomic E-state index is -0.687. The Bertz CT molecular complexity index is 1260. The quantitative estimate of drug-likeness (QED) is 0.531. The monoisotopic (exact) mass is 427 g/mol. The van der Waals surface area contributed by atoms with Gasteiger partial charge in [0, 0.05) is 11.1 Å². The van der Waals surface area contributed by atoms with Crippen molar-refractivity contribution in [2.75, 3.05) is 5.32 Å². The number of rotatable bonds is 3. The Morgan fingerprint density at radius 3 is 2.03 bits per heavy atom. The zero-order valence-corrected chi connectivity index (χ0v) is 20.3. The van der Waals surface area contributed by atoms with Crippen LogP contribution < -0.4 is 5.32 Å². The predicted molar refractivity (Wildman–Crippen MR) is 130 cm³/mol. The maximum atomic E-state index is 14.0. The minimum absolute atomic E-state index is 0.0414. The molecule has 2 aliphatic carbocycles. The molecule has 1 amide bonds. The molecular formula is C28H33N3O.